The van der Waals surface area contributed by atoms with Crippen LogP contribution in [0, 0.1) is 10.1 Å². The minimum absolute atomic E-state index is 0.0113. The van der Waals surface area contributed by atoms with Gasteiger partial charge < -0.3 is 5.32 Å². The van der Waals surface area contributed by atoms with E-state index in [9.17, 15) is 10.1 Å². The molecule has 0 saturated heterocycles. The van der Waals surface area contributed by atoms with Crippen molar-refractivity contribution < 1.29 is 4.92 Å². The molecule has 1 aromatic heterocycles. The summed E-state index contributed by atoms with van der Waals surface area (Å²) < 4.78 is 0. The van der Waals surface area contributed by atoms with Crippen LogP contribution in [-0.2, 0) is 0 Å². The summed E-state index contributed by atoms with van der Waals surface area (Å²) >= 11 is 1.53. The van der Waals surface area contributed by atoms with Crippen molar-refractivity contribution in [3.63, 3.8) is 0 Å². The van der Waals surface area contributed by atoms with Crippen molar-refractivity contribution in [2.45, 2.75) is 49.3 Å². The lowest BCUT2D eigenvalue weighted by Gasteiger charge is -2.20. The molecule has 1 heterocycles. The van der Waals surface area contributed by atoms with Gasteiger partial charge in [-0.05, 0) is 19.8 Å². The zero-order valence-corrected chi connectivity index (χ0v) is 11.8. The van der Waals surface area contributed by atoms with E-state index in [1.54, 1.807) is 0 Å². The van der Waals surface area contributed by atoms with Crippen molar-refractivity contribution in [2.24, 2.45) is 0 Å². The highest BCUT2D eigenvalue weighted by Crippen LogP contribution is 2.36. The van der Waals surface area contributed by atoms with Crippen LogP contribution in [-0.4, -0.2) is 26.7 Å². The Morgan fingerprint density at radius 1 is 1.47 bits per heavy atom. The number of nitrogens with one attached hydrogen (secondary N) is 1. The zero-order valence-electron chi connectivity index (χ0n) is 11.0. The third-order valence-corrected chi connectivity index (χ3v) is 4.43. The molecule has 1 aromatic rings. The van der Waals surface area contributed by atoms with Gasteiger partial charge in [0.1, 0.15) is 6.20 Å². The number of nitrogens with zero attached hydrogens (tertiary/aromatic N) is 3. The van der Waals surface area contributed by atoms with Crippen LogP contribution in [0.4, 0.5) is 11.6 Å². The predicted molar refractivity (Wildman–Crippen MR) is 75.6 cm³/mol. The van der Waals surface area contributed by atoms with Gasteiger partial charge in [0, 0.05) is 11.8 Å². The maximum absolute atomic E-state index is 11.0. The third-order valence-electron chi connectivity index (χ3n) is 3.10. The molecule has 0 bridgehead atoms. The van der Waals surface area contributed by atoms with E-state index in [1.165, 1.54) is 37.2 Å². The van der Waals surface area contributed by atoms with Gasteiger partial charge >= 0.3 is 5.69 Å². The quantitative estimate of drug-likeness (QED) is 0.507. The number of thioether (sulfide) groups is 1. The van der Waals surface area contributed by atoms with Gasteiger partial charge in [-0.1, -0.05) is 31.0 Å². The van der Waals surface area contributed by atoms with Crippen molar-refractivity contribution in [2.75, 3.05) is 11.9 Å². The van der Waals surface area contributed by atoms with Crippen molar-refractivity contribution in [1.29, 1.82) is 0 Å². The summed E-state index contributed by atoms with van der Waals surface area (Å²) in [6.45, 7) is 2.64. The summed E-state index contributed by atoms with van der Waals surface area (Å²) in [6, 6.07) is 0. The second-order valence-corrected chi connectivity index (χ2v) is 5.84. The van der Waals surface area contributed by atoms with Gasteiger partial charge in [-0.3, -0.25) is 10.1 Å². The largest absolute Gasteiger partial charge is 0.354 e. The van der Waals surface area contributed by atoms with E-state index in [0.717, 1.165) is 12.8 Å². The van der Waals surface area contributed by atoms with Gasteiger partial charge in [-0.15, -0.1) is 0 Å². The van der Waals surface area contributed by atoms with Gasteiger partial charge in [0.15, 0.2) is 5.03 Å². The highest BCUT2D eigenvalue weighted by Gasteiger charge is 2.23. The minimum Gasteiger partial charge on any atom is -0.354 e. The first-order valence-corrected chi connectivity index (χ1v) is 7.50. The molecule has 6 nitrogen and oxygen atoms in total. The van der Waals surface area contributed by atoms with Gasteiger partial charge in [-0.2, -0.15) is 4.98 Å². The van der Waals surface area contributed by atoms with E-state index < -0.39 is 4.92 Å². The molecule has 19 heavy (non-hydrogen) atoms. The number of aromatic nitrogens is 2. The average molecular weight is 282 g/mol. The van der Waals surface area contributed by atoms with E-state index in [0.29, 0.717) is 22.8 Å². The Hall–Kier alpha value is -1.37. The molecule has 0 unspecified atom stereocenters. The average Bonchev–Trinajstić information content (AvgIpc) is 2.40. The van der Waals surface area contributed by atoms with Crippen LogP contribution >= 0.6 is 11.8 Å². The molecule has 0 atom stereocenters. The minimum atomic E-state index is -0.402. The fourth-order valence-corrected chi connectivity index (χ4v) is 3.43. The standard InChI is InChI=1S/C12H18N4O2S/c1-2-13-12-14-8-10(16(17)18)11(15-12)19-9-6-4-3-5-7-9/h8-9H,2-7H2,1H3,(H,13,14,15). The fourth-order valence-electron chi connectivity index (χ4n) is 2.16. The predicted octanol–water partition coefficient (Wildman–Crippen LogP) is 3.24. The Balaban J connectivity index is 2.18. The summed E-state index contributed by atoms with van der Waals surface area (Å²) in [4.78, 5) is 18.9. The second-order valence-electron chi connectivity index (χ2n) is 4.55. The lowest BCUT2D eigenvalue weighted by atomic mass is 10.0. The molecule has 0 amide bonds. The number of hydrogen-bond acceptors (Lipinski definition) is 6. The first-order valence-electron chi connectivity index (χ1n) is 6.62. The molecule has 1 fully saturated rings. The molecular weight excluding hydrogens is 264 g/mol. The molecule has 1 N–H and O–H groups in total. The number of hydrogen-bond donors (Lipinski definition) is 1. The first-order chi connectivity index (χ1) is 9.20. The molecule has 1 saturated carbocycles. The van der Waals surface area contributed by atoms with Crippen molar-refractivity contribution >= 4 is 23.4 Å². The summed E-state index contributed by atoms with van der Waals surface area (Å²) in [5, 5.41) is 14.9. The summed E-state index contributed by atoms with van der Waals surface area (Å²) in [5.74, 6) is 0.464. The van der Waals surface area contributed by atoms with Gasteiger partial charge in [0.2, 0.25) is 5.95 Å². The van der Waals surface area contributed by atoms with E-state index in [2.05, 4.69) is 15.3 Å². The monoisotopic (exact) mass is 282 g/mol. The number of nitro groups is 1. The van der Waals surface area contributed by atoms with E-state index in [4.69, 9.17) is 0 Å². The van der Waals surface area contributed by atoms with E-state index >= 15 is 0 Å². The number of anilines is 1. The Kier molecular flexibility index (Phi) is 4.95. The summed E-state index contributed by atoms with van der Waals surface area (Å²) in [6.07, 6.45) is 7.21. The maximum Gasteiger partial charge on any atom is 0.319 e. The maximum atomic E-state index is 11.0. The second kappa shape index (κ2) is 6.70. The molecule has 1 aliphatic carbocycles. The van der Waals surface area contributed by atoms with Crippen molar-refractivity contribution in [1.82, 2.24) is 9.97 Å². The van der Waals surface area contributed by atoms with Crippen molar-refractivity contribution in [3.05, 3.63) is 16.3 Å². The van der Waals surface area contributed by atoms with Crippen molar-refractivity contribution in [3.8, 4) is 0 Å². The molecule has 7 heteroatoms. The molecule has 104 valence electrons. The fraction of sp³-hybridized carbons (Fsp3) is 0.667. The smallest absolute Gasteiger partial charge is 0.319 e. The molecule has 0 aliphatic heterocycles. The zero-order chi connectivity index (χ0) is 13.7. The SMILES string of the molecule is CCNc1ncc([N+](=O)[O-])c(SC2CCCCC2)n1. The third kappa shape index (κ3) is 3.79. The Bertz CT molecular complexity index is 449. The summed E-state index contributed by atoms with van der Waals surface area (Å²) in [5.41, 5.74) is 0.0113. The Morgan fingerprint density at radius 3 is 2.84 bits per heavy atom. The highest BCUT2D eigenvalue weighted by atomic mass is 32.2. The summed E-state index contributed by atoms with van der Waals surface area (Å²) in [7, 11) is 0. The van der Waals surface area contributed by atoms with Crippen LogP contribution in [0.5, 0.6) is 0 Å². The normalized spacial score (nSPS) is 16.3. The van der Waals surface area contributed by atoms with Crippen LogP contribution in [0.25, 0.3) is 0 Å². The van der Waals surface area contributed by atoms with Gasteiger partial charge in [0.25, 0.3) is 0 Å². The first kappa shape index (κ1) is 14.0. The molecule has 0 spiro atoms. The van der Waals surface area contributed by atoms with E-state index in [-0.39, 0.29) is 5.69 Å². The Labute approximate surface area is 116 Å². The lowest BCUT2D eigenvalue weighted by Crippen LogP contribution is -2.10. The lowest BCUT2D eigenvalue weighted by molar-refractivity contribution is -0.388. The molecular formula is C12H18N4O2S. The van der Waals surface area contributed by atoms with Crippen LogP contribution in [0.15, 0.2) is 11.2 Å². The van der Waals surface area contributed by atoms with Crippen LogP contribution in [0.2, 0.25) is 0 Å². The van der Waals surface area contributed by atoms with Crippen LogP contribution in [0.3, 0.4) is 0 Å². The molecule has 0 aromatic carbocycles. The molecule has 0 radical (unpaired) electrons. The Morgan fingerprint density at radius 2 is 2.21 bits per heavy atom. The van der Waals surface area contributed by atoms with Crippen LogP contribution in [0.1, 0.15) is 39.0 Å². The van der Waals surface area contributed by atoms with Gasteiger partial charge in [-0.25, -0.2) is 4.98 Å². The van der Waals surface area contributed by atoms with Crippen LogP contribution < -0.4 is 5.32 Å². The number of rotatable bonds is 5. The molecule has 2 rings (SSSR count). The topological polar surface area (TPSA) is 81.0 Å². The highest BCUT2D eigenvalue weighted by molar-refractivity contribution is 8.00. The molecule has 1 aliphatic rings. The van der Waals surface area contributed by atoms with E-state index in [1.807, 2.05) is 6.92 Å². The van der Waals surface area contributed by atoms with Gasteiger partial charge in [0.05, 0.1) is 4.92 Å².